The Morgan fingerprint density at radius 2 is 2.00 bits per heavy atom. The van der Waals surface area contributed by atoms with Crippen LogP contribution in [-0.4, -0.2) is 38.1 Å². The van der Waals surface area contributed by atoms with E-state index >= 15 is 0 Å². The molecule has 2 aromatic rings. The second-order valence-electron chi connectivity index (χ2n) is 4.42. The number of para-hydroxylation sites is 1. The summed E-state index contributed by atoms with van der Waals surface area (Å²) in [5, 5.41) is 7.72. The molecule has 0 bridgehead atoms. The van der Waals surface area contributed by atoms with Gasteiger partial charge in [0, 0.05) is 37.7 Å². The molecule has 0 unspecified atom stereocenters. The topological polar surface area (TPSA) is 49.6 Å². The first kappa shape index (κ1) is 18.2. The number of fused-ring (bicyclic) bond motifs is 1. The second-order valence-corrected chi connectivity index (χ2v) is 5.40. The van der Waals surface area contributed by atoms with Crippen molar-refractivity contribution in [3.63, 3.8) is 0 Å². The number of thioether (sulfide) groups is 1. The molecule has 0 saturated heterocycles. The lowest BCUT2D eigenvalue weighted by atomic mass is 10.2. The number of hydrogen-bond acceptors (Lipinski definition) is 3. The van der Waals surface area contributed by atoms with E-state index in [4.69, 9.17) is 4.42 Å². The fraction of sp³-hybridized carbons (Fsp3) is 0.400. The number of hydrogen-bond donors (Lipinski definition) is 2. The summed E-state index contributed by atoms with van der Waals surface area (Å²) >= 11 is 1.82. The fourth-order valence-corrected chi connectivity index (χ4v) is 2.26. The van der Waals surface area contributed by atoms with Gasteiger partial charge in [-0.05, 0) is 18.4 Å². The maximum absolute atomic E-state index is 5.78. The minimum Gasteiger partial charge on any atom is -0.461 e. The smallest absolute Gasteiger partial charge is 0.191 e. The van der Waals surface area contributed by atoms with Crippen molar-refractivity contribution in [3.8, 4) is 0 Å². The number of rotatable bonds is 6. The Hall–Kier alpha value is -0.890. The molecule has 0 atom stereocenters. The van der Waals surface area contributed by atoms with Crippen molar-refractivity contribution >= 4 is 52.7 Å². The van der Waals surface area contributed by atoms with Crippen LogP contribution < -0.4 is 10.6 Å². The quantitative estimate of drug-likeness (QED) is 0.327. The number of nitrogens with zero attached hydrogens (tertiary/aromatic N) is 1. The molecule has 0 spiro atoms. The first-order chi connectivity index (χ1) is 9.83. The monoisotopic (exact) mass is 419 g/mol. The van der Waals surface area contributed by atoms with Crippen LogP contribution in [0.4, 0.5) is 0 Å². The predicted octanol–water partition coefficient (Wildman–Crippen LogP) is 3.12. The third kappa shape index (κ3) is 5.78. The van der Waals surface area contributed by atoms with Crippen LogP contribution in [0.15, 0.2) is 39.7 Å². The molecular formula is C15H22IN3OS. The highest BCUT2D eigenvalue weighted by Crippen LogP contribution is 2.18. The van der Waals surface area contributed by atoms with Crippen LogP contribution in [0.1, 0.15) is 5.76 Å². The summed E-state index contributed by atoms with van der Waals surface area (Å²) in [7, 11) is 1.79. The average Bonchev–Trinajstić information content (AvgIpc) is 2.88. The minimum absolute atomic E-state index is 0. The van der Waals surface area contributed by atoms with E-state index in [0.29, 0.717) is 0 Å². The highest BCUT2D eigenvalue weighted by Gasteiger charge is 2.03. The molecule has 21 heavy (non-hydrogen) atoms. The summed E-state index contributed by atoms with van der Waals surface area (Å²) in [6.07, 6.45) is 2.94. The number of halogens is 1. The van der Waals surface area contributed by atoms with E-state index in [0.717, 1.165) is 48.0 Å². The van der Waals surface area contributed by atoms with Crippen molar-refractivity contribution in [1.82, 2.24) is 10.6 Å². The van der Waals surface area contributed by atoms with Crippen LogP contribution in [-0.2, 0) is 6.42 Å². The molecule has 4 nitrogen and oxygen atoms in total. The Bertz CT molecular complexity index is 538. The number of aliphatic imine (C=N–C) groups is 1. The average molecular weight is 419 g/mol. The molecular weight excluding hydrogens is 397 g/mol. The van der Waals surface area contributed by atoms with E-state index in [1.165, 1.54) is 0 Å². The Balaban J connectivity index is 0.00000220. The molecule has 2 N–H and O–H groups in total. The van der Waals surface area contributed by atoms with Crippen LogP contribution in [0.5, 0.6) is 0 Å². The van der Waals surface area contributed by atoms with Crippen LogP contribution >= 0.6 is 35.7 Å². The van der Waals surface area contributed by atoms with Gasteiger partial charge in [-0.1, -0.05) is 18.2 Å². The lowest BCUT2D eigenvalue weighted by molar-refractivity contribution is 0.545. The van der Waals surface area contributed by atoms with Crippen LogP contribution in [0.25, 0.3) is 11.0 Å². The Labute approximate surface area is 147 Å². The molecule has 1 aromatic carbocycles. The predicted molar refractivity (Wildman–Crippen MR) is 103 cm³/mol. The molecule has 6 heteroatoms. The summed E-state index contributed by atoms with van der Waals surface area (Å²) in [6.45, 7) is 1.73. The van der Waals surface area contributed by atoms with Gasteiger partial charge < -0.3 is 15.1 Å². The SMILES string of the molecule is CN=C(NCCSC)NCCc1cc2ccccc2o1.I. The molecule has 0 amide bonds. The van der Waals surface area contributed by atoms with Crippen molar-refractivity contribution < 1.29 is 4.42 Å². The summed E-state index contributed by atoms with van der Waals surface area (Å²) in [5.74, 6) is 2.91. The van der Waals surface area contributed by atoms with E-state index in [2.05, 4.69) is 34.0 Å². The lowest BCUT2D eigenvalue weighted by Gasteiger charge is -2.10. The molecule has 0 aliphatic rings. The second kappa shape index (κ2) is 9.94. The zero-order chi connectivity index (χ0) is 14.2. The highest BCUT2D eigenvalue weighted by atomic mass is 127. The molecule has 2 rings (SSSR count). The molecule has 0 radical (unpaired) electrons. The number of nitrogens with one attached hydrogen (secondary N) is 2. The number of benzene rings is 1. The van der Waals surface area contributed by atoms with Crippen LogP contribution in [0.2, 0.25) is 0 Å². The largest absolute Gasteiger partial charge is 0.461 e. The summed E-state index contributed by atoms with van der Waals surface area (Å²) in [5.41, 5.74) is 0.949. The standard InChI is InChI=1S/C15H21N3OS.HI/c1-16-15(18-9-10-20-2)17-8-7-13-11-12-5-3-4-6-14(12)19-13;/h3-6,11H,7-10H2,1-2H3,(H2,16,17,18);1H. The maximum Gasteiger partial charge on any atom is 0.191 e. The van der Waals surface area contributed by atoms with Gasteiger partial charge in [0.1, 0.15) is 11.3 Å². The van der Waals surface area contributed by atoms with Crippen molar-refractivity contribution in [2.45, 2.75) is 6.42 Å². The van der Waals surface area contributed by atoms with Gasteiger partial charge >= 0.3 is 0 Å². The van der Waals surface area contributed by atoms with E-state index in [9.17, 15) is 0 Å². The van der Waals surface area contributed by atoms with Crippen molar-refractivity contribution in [2.75, 3.05) is 32.1 Å². The Kier molecular flexibility index (Phi) is 8.60. The van der Waals surface area contributed by atoms with E-state index in [1.807, 2.05) is 30.0 Å². The number of guanidine groups is 1. The molecule has 0 aliphatic carbocycles. The van der Waals surface area contributed by atoms with Gasteiger partial charge in [-0.3, -0.25) is 4.99 Å². The van der Waals surface area contributed by atoms with Crippen LogP contribution in [0, 0.1) is 0 Å². The normalized spacial score (nSPS) is 11.2. The zero-order valence-corrected chi connectivity index (χ0v) is 15.5. The molecule has 1 aromatic heterocycles. The van der Waals surface area contributed by atoms with Gasteiger partial charge in [0.25, 0.3) is 0 Å². The maximum atomic E-state index is 5.78. The molecule has 116 valence electrons. The third-order valence-electron chi connectivity index (χ3n) is 2.96. The van der Waals surface area contributed by atoms with Crippen molar-refractivity contribution in [3.05, 3.63) is 36.1 Å². The Morgan fingerprint density at radius 3 is 2.71 bits per heavy atom. The summed E-state index contributed by atoms with van der Waals surface area (Å²) in [6, 6.07) is 10.2. The van der Waals surface area contributed by atoms with Crippen LogP contribution in [0.3, 0.4) is 0 Å². The van der Waals surface area contributed by atoms with Gasteiger partial charge in [0.2, 0.25) is 0 Å². The summed E-state index contributed by atoms with van der Waals surface area (Å²) < 4.78 is 5.78. The van der Waals surface area contributed by atoms with Gasteiger partial charge in [0.15, 0.2) is 5.96 Å². The van der Waals surface area contributed by atoms with Gasteiger partial charge in [-0.25, -0.2) is 0 Å². The van der Waals surface area contributed by atoms with E-state index in [1.54, 1.807) is 7.05 Å². The first-order valence-electron chi connectivity index (χ1n) is 6.74. The highest BCUT2D eigenvalue weighted by molar-refractivity contribution is 14.0. The van der Waals surface area contributed by atoms with Crippen molar-refractivity contribution in [2.24, 2.45) is 4.99 Å². The van der Waals surface area contributed by atoms with Gasteiger partial charge in [0.05, 0.1) is 0 Å². The number of furan rings is 1. The third-order valence-corrected chi connectivity index (χ3v) is 3.58. The molecule has 1 heterocycles. The van der Waals surface area contributed by atoms with Crippen molar-refractivity contribution in [1.29, 1.82) is 0 Å². The summed E-state index contributed by atoms with van der Waals surface area (Å²) in [4.78, 5) is 4.19. The minimum atomic E-state index is 0. The lowest BCUT2D eigenvalue weighted by Crippen LogP contribution is -2.39. The van der Waals surface area contributed by atoms with Gasteiger partial charge in [-0.2, -0.15) is 11.8 Å². The van der Waals surface area contributed by atoms with E-state index in [-0.39, 0.29) is 24.0 Å². The zero-order valence-electron chi connectivity index (χ0n) is 12.4. The fourth-order valence-electron chi connectivity index (χ4n) is 1.96. The molecule has 0 saturated carbocycles. The Morgan fingerprint density at radius 1 is 1.24 bits per heavy atom. The first-order valence-corrected chi connectivity index (χ1v) is 8.14. The molecule has 0 aliphatic heterocycles. The molecule has 0 fully saturated rings. The van der Waals surface area contributed by atoms with Gasteiger partial charge in [-0.15, -0.1) is 24.0 Å². The van der Waals surface area contributed by atoms with E-state index < -0.39 is 0 Å².